The second-order valence-electron chi connectivity index (χ2n) is 6.77. The molecular weight excluding hydrogens is 288 g/mol. The van der Waals surface area contributed by atoms with E-state index in [-0.39, 0.29) is 0 Å². The minimum Gasteiger partial charge on any atom is -0.495 e. The van der Waals surface area contributed by atoms with Crippen LogP contribution in [-0.2, 0) is 0 Å². The first-order valence-corrected chi connectivity index (χ1v) is 8.86. The van der Waals surface area contributed by atoms with Crippen LogP contribution in [0.3, 0.4) is 0 Å². The highest BCUT2D eigenvalue weighted by molar-refractivity contribution is 5.58. The van der Waals surface area contributed by atoms with Crippen molar-refractivity contribution in [2.45, 2.75) is 19.3 Å². The number of nitrogens with zero attached hydrogens (tertiary/aromatic N) is 3. The lowest BCUT2D eigenvalue weighted by atomic mass is 9.94. The van der Waals surface area contributed by atoms with Gasteiger partial charge in [-0.1, -0.05) is 12.1 Å². The quantitative estimate of drug-likeness (QED) is 0.839. The molecule has 5 nitrogen and oxygen atoms in total. The van der Waals surface area contributed by atoms with Gasteiger partial charge < -0.3 is 9.64 Å². The van der Waals surface area contributed by atoms with E-state index in [1.807, 2.05) is 17.1 Å². The van der Waals surface area contributed by atoms with Crippen LogP contribution in [-0.4, -0.2) is 62.8 Å². The van der Waals surface area contributed by atoms with Crippen LogP contribution in [0.25, 0.3) is 0 Å². The molecule has 0 aliphatic carbocycles. The molecule has 0 saturated carbocycles. The molecule has 2 saturated heterocycles. The van der Waals surface area contributed by atoms with Crippen LogP contribution in [0.2, 0.25) is 0 Å². The first-order valence-electron chi connectivity index (χ1n) is 8.86. The van der Waals surface area contributed by atoms with Gasteiger partial charge in [-0.15, -0.1) is 0 Å². The molecule has 2 fully saturated rings. The number of hydrogen-bond donors (Lipinski definition) is 1. The van der Waals surface area contributed by atoms with Crippen molar-refractivity contribution < 1.29 is 4.74 Å². The van der Waals surface area contributed by atoms with Crippen LogP contribution in [0.5, 0.6) is 5.75 Å². The third-order valence-electron chi connectivity index (χ3n) is 5.30. The minimum absolute atomic E-state index is 0.863. The van der Waals surface area contributed by atoms with E-state index in [2.05, 4.69) is 21.9 Å². The monoisotopic (exact) mass is 318 g/mol. The number of para-hydroxylation sites is 2. The molecule has 5 heteroatoms. The zero-order valence-corrected chi connectivity index (χ0v) is 14.3. The predicted octanol–water partition coefficient (Wildman–Crippen LogP) is 1.79. The van der Waals surface area contributed by atoms with Gasteiger partial charge in [0, 0.05) is 39.3 Å². The molecule has 3 rings (SSSR count). The molecule has 2 aliphatic heterocycles. The SMILES string of the molecule is COc1ccccc1N1CCN(CCC2CCN(N)CC2)CC1. The third kappa shape index (κ3) is 4.37. The fraction of sp³-hybridized carbons (Fsp3) is 0.667. The standard InChI is InChI=1S/C18H30N4O/c1-23-18-5-3-2-4-17(18)21-14-12-20(13-15-21)9-6-16-7-10-22(19)11-8-16/h2-5,16H,6-15,19H2,1H3. The van der Waals surface area contributed by atoms with Gasteiger partial charge in [0.1, 0.15) is 5.75 Å². The predicted molar refractivity (Wildman–Crippen MR) is 94.7 cm³/mol. The van der Waals surface area contributed by atoms with Crippen LogP contribution in [0.1, 0.15) is 19.3 Å². The van der Waals surface area contributed by atoms with E-state index >= 15 is 0 Å². The lowest BCUT2D eigenvalue weighted by Crippen LogP contribution is -2.47. The molecule has 0 radical (unpaired) electrons. The number of hydrazine groups is 1. The van der Waals surface area contributed by atoms with Crippen molar-refractivity contribution >= 4 is 5.69 Å². The van der Waals surface area contributed by atoms with Crippen LogP contribution in [0.4, 0.5) is 5.69 Å². The molecule has 0 spiro atoms. The average Bonchev–Trinajstić information content (AvgIpc) is 2.62. The van der Waals surface area contributed by atoms with Crippen molar-refractivity contribution in [3.8, 4) is 5.75 Å². The zero-order valence-electron chi connectivity index (χ0n) is 14.3. The van der Waals surface area contributed by atoms with Crippen molar-refractivity contribution in [2.24, 2.45) is 11.8 Å². The van der Waals surface area contributed by atoms with Gasteiger partial charge in [0.25, 0.3) is 0 Å². The Kier molecular flexibility index (Phi) is 5.75. The van der Waals surface area contributed by atoms with Crippen molar-refractivity contribution in [2.75, 3.05) is 57.8 Å². The number of hydrogen-bond acceptors (Lipinski definition) is 5. The first-order chi connectivity index (χ1) is 11.3. The van der Waals surface area contributed by atoms with Gasteiger partial charge in [-0.25, -0.2) is 5.01 Å². The fourth-order valence-corrected chi connectivity index (χ4v) is 3.71. The normalized spacial score (nSPS) is 21.6. The molecule has 0 amide bonds. The number of piperazine rings is 1. The van der Waals surface area contributed by atoms with Gasteiger partial charge in [0.15, 0.2) is 0 Å². The molecule has 0 atom stereocenters. The number of rotatable bonds is 5. The number of anilines is 1. The van der Waals surface area contributed by atoms with E-state index in [1.165, 1.54) is 31.5 Å². The van der Waals surface area contributed by atoms with E-state index < -0.39 is 0 Å². The number of methoxy groups -OCH3 is 1. The smallest absolute Gasteiger partial charge is 0.142 e. The number of piperidine rings is 1. The topological polar surface area (TPSA) is 45.0 Å². The average molecular weight is 318 g/mol. The van der Waals surface area contributed by atoms with Crippen molar-refractivity contribution in [3.63, 3.8) is 0 Å². The molecule has 2 heterocycles. The second kappa shape index (κ2) is 7.99. The summed E-state index contributed by atoms with van der Waals surface area (Å²) in [7, 11) is 1.75. The van der Waals surface area contributed by atoms with Gasteiger partial charge in [0.2, 0.25) is 0 Å². The molecule has 2 aliphatic rings. The van der Waals surface area contributed by atoms with Gasteiger partial charge in [-0.05, 0) is 43.9 Å². The number of benzene rings is 1. The van der Waals surface area contributed by atoms with E-state index in [0.717, 1.165) is 50.9 Å². The highest BCUT2D eigenvalue weighted by Gasteiger charge is 2.21. The Hall–Kier alpha value is -1.30. The van der Waals surface area contributed by atoms with E-state index in [0.29, 0.717) is 0 Å². The highest BCUT2D eigenvalue weighted by atomic mass is 16.5. The van der Waals surface area contributed by atoms with Gasteiger partial charge in [-0.3, -0.25) is 10.7 Å². The maximum absolute atomic E-state index is 5.84. The Morgan fingerprint density at radius 1 is 1.04 bits per heavy atom. The molecular formula is C18H30N4O. The summed E-state index contributed by atoms with van der Waals surface area (Å²) >= 11 is 0. The first kappa shape index (κ1) is 16.6. The molecule has 0 aromatic heterocycles. The summed E-state index contributed by atoms with van der Waals surface area (Å²) in [5, 5.41) is 1.96. The van der Waals surface area contributed by atoms with Crippen molar-refractivity contribution in [3.05, 3.63) is 24.3 Å². The van der Waals surface area contributed by atoms with E-state index in [4.69, 9.17) is 10.6 Å². The summed E-state index contributed by atoms with van der Waals surface area (Å²) in [6.45, 7) is 7.82. The molecule has 0 unspecified atom stereocenters. The minimum atomic E-state index is 0.863. The summed E-state index contributed by atoms with van der Waals surface area (Å²) in [5.74, 6) is 7.68. The van der Waals surface area contributed by atoms with Crippen LogP contribution >= 0.6 is 0 Å². The second-order valence-corrected chi connectivity index (χ2v) is 6.77. The Labute approximate surface area is 140 Å². The molecule has 23 heavy (non-hydrogen) atoms. The van der Waals surface area contributed by atoms with E-state index in [1.54, 1.807) is 7.11 Å². The Balaban J connectivity index is 1.43. The summed E-state index contributed by atoms with van der Waals surface area (Å²) in [4.78, 5) is 5.06. The maximum Gasteiger partial charge on any atom is 0.142 e. The van der Waals surface area contributed by atoms with Gasteiger partial charge >= 0.3 is 0 Å². The highest BCUT2D eigenvalue weighted by Crippen LogP contribution is 2.28. The molecule has 2 N–H and O–H groups in total. The summed E-state index contributed by atoms with van der Waals surface area (Å²) < 4.78 is 5.49. The third-order valence-corrected chi connectivity index (χ3v) is 5.30. The summed E-state index contributed by atoms with van der Waals surface area (Å²) in [5.41, 5.74) is 1.23. The molecule has 1 aromatic carbocycles. The van der Waals surface area contributed by atoms with Gasteiger partial charge in [0.05, 0.1) is 12.8 Å². The molecule has 128 valence electrons. The Morgan fingerprint density at radius 3 is 2.43 bits per heavy atom. The number of ether oxygens (including phenoxy) is 1. The van der Waals surface area contributed by atoms with Gasteiger partial charge in [-0.2, -0.15) is 0 Å². The fourth-order valence-electron chi connectivity index (χ4n) is 3.71. The Morgan fingerprint density at radius 2 is 1.74 bits per heavy atom. The summed E-state index contributed by atoms with van der Waals surface area (Å²) in [6, 6.07) is 8.33. The summed E-state index contributed by atoms with van der Waals surface area (Å²) in [6.07, 6.45) is 3.85. The lowest BCUT2D eigenvalue weighted by Gasteiger charge is -2.37. The van der Waals surface area contributed by atoms with Crippen LogP contribution in [0, 0.1) is 5.92 Å². The zero-order chi connectivity index (χ0) is 16.1. The maximum atomic E-state index is 5.84. The van der Waals surface area contributed by atoms with Crippen molar-refractivity contribution in [1.29, 1.82) is 0 Å². The largest absolute Gasteiger partial charge is 0.495 e. The van der Waals surface area contributed by atoms with Crippen molar-refractivity contribution in [1.82, 2.24) is 9.91 Å². The number of nitrogens with two attached hydrogens (primary N) is 1. The van der Waals surface area contributed by atoms with Crippen LogP contribution in [0.15, 0.2) is 24.3 Å². The molecule has 0 bridgehead atoms. The van der Waals surface area contributed by atoms with Crippen LogP contribution < -0.4 is 15.5 Å². The Bertz CT molecular complexity index is 480. The lowest BCUT2D eigenvalue weighted by molar-refractivity contribution is 0.163. The van der Waals surface area contributed by atoms with E-state index in [9.17, 15) is 0 Å². The molecule has 1 aromatic rings.